The third-order valence-electron chi connectivity index (χ3n) is 6.77. The van der Waals surface area contributed by atoms with Crippen molar-refractivity contribution in [1.29, 1.82) is 0 Å². The van der Waals surface area contributed by atoms with Crippen LogP contribution in [0.25, 0.3) is 21.7 Å². The SMILES string of the molecule is CCC[C@@](O)(c1cccc2ccccc12)[C@H](c1ccccc1)c1cc2cc(Br)ccc2nc1OC. The first-order chi connectivity index (χ1) is 17.0. The number of aliphatic hydroxyl groups is 1. The maximum Gasteiger partial charge on any atom is 0.217 e. The second-order valence-corrected chi connectivity index (χ2v) is 9.88. The Balaban J connectivity index is 1.85. The average Bonchev–Trinajstić information content (AvgIpc) is 2.89. The quantitative estimate of drug-likeness (QED) is 0.234. The minimum absolute atomic E-state index is 0.389. The third-order valence-corrected chi connectivity index (χ3v) is 7.26. The molecule has 4 heteroatoms. The number of hydrogen-bond acceptors (Lipinski definition) is 3. The third kappa shape index (κ3) is 4.33. The van der Waals surface area contributed by atoms with E-state index >= 15 is 0 Å². The minimum Gasteiger partial charge on any atom is -0.481 e. The van der Waals surface area contributed by atoms with Crippen LogP contribution in [0.5, 0.6) is 5.88 Å². The van der Waals surface area contributed by atoms with Crippen molar-refractivity contribution in [3.8, 4) is 5.88 Å². The monoisotopic (exact) mass is 525 g/mol. The van der Waals surface area contributed by atoms with Gasteiger partial charge in [0.15, 0.2) is 0 Å². The van der Waals surface area contributed by atoms with E-state index in [1.54, 1.807) is 7.11 Å². The molecule has 1 N–H and O–H groups in total. The Morgan fingerprint density at radius 1 is 0.886 bits per heavy atom. The second kappa shape index (κ2) is 9.80. The van der Waals surface area contributed by atoms with Gasteiger partial charge in [-0.2, -0.15) is 0 Å². The molecule has 0 aliphatic heterocycles. The van der Waals surface area contributed by atoms with Gasteiger partial charge in [0.1, 0.15) is 5.60 Å². The molecule has 0 saturated heterocycles. The molecular formula is C31H28BrNO2. The van der Waals surface area contributed by atoms with Crippen LogP contribution in [-0.2, 0) is 5.60 Å². The maximum atomic E-state index is 12.8. The Morgan fingerprint density at radius 3 is 2.40 bits per heavy atom. The van der Waals surface area contributed by atoms with E-state index in [-0.39, 0.29) is 5.92 Å². The van der Waals surface area contributed by atoms with E-state index in [4.69, 9.17) is 9.72 Å². The molecule has 0 aliphatic rings. The zero-order chi connectivity index (χ0) is 24.4. The van der Waals surface area contributed by atoms with Crippen molar-refractivity contribution in [2.45, 2.75) is 31.3 Å². The van der Waals surface area contributed by atoms with Crippen LogP contribution < -0.4 is 4.74 Å². The van der Waals surface area contributed by atoms with Crippen LogP contribution in [0, 0.1) is 0 Å². The molecule has 5 aromatic rings. The summed E-state index contributed by atoms with van der Waals surface area (Å²) in [5.74, 6) is 0.142. The van der Waals surface area contributed by atoms with E-state index in [1.165, 1.54) is 0 Å². The van der Waals surface area contributed by atoms with Gasteiger partial charge in [-0.05, 0) is 52.6 Å². The number of rotatable bonds is 7. The van der Waals surface area contributed by atoms with Crippen LogP contribution in [-0.4, -0.2) is 17.2 Å². The molecule has 0 saturated carbocycles. The Morgan fingerprint density at radius 2 is 1.63 bits per heavy atom. The number of hydrogen-bond donors (Lipinski definition) is 1. The van der Waals surface area contributed by atoms with Crippen LogP contribution in [0.1, 0.15) is 42.4 Å². The number of halogens is 1. The van der Waals surface area contributed by atoms with E-state index in [9.17, 15) is 5.11 Å². The lowest BCUT2D eigenvalue weighted by Crippen LogP contribution is -2.35. The first-order valence-corrected chi connectivity index (χ1v) is 12.7. The van der Waals surface area contributed by atoms with Crippen LogP contribution in [0.3, 0.4) is 0 Å². The molecular weight excluding hydrogens is 498 g/mol. The van der Waals surface area contributed by atoms with Crippen molar-refractivity contribution < 1.29 is 9.84 Å². The molecule has 0 amide bonds. The van der Waals surface area contributed by atoms with Crippen molar-refractivity contribution in [1.82, 2.24) is 4.98 Å². The second-order valence-electron chi connectivity index (χ2n) is 8.97. The van der Waals surface area contributed by atoms with Crippen LogP contribution in [0.15, 0.2) is 102 Å². The maximum absolute atomic E-state index is 12.8. The van der Waals surface area contributed by atoms with Crippen molar-refractivity contribution in [2.75, 3.05) is 7.11 Å². The standard InChI is InChI=1S/C31H28BrNO2/c1-3-18-31(34,27-15-9-13-21-10-7-8-14-25(21)27)29(22-11-5-4-6-12-22)26-20-23-19-24(32)16-17-28(23)33-30(26)35-2/h4-17,19-20,29,34H,3,18H2,1-2H3/t29-,31-/m1/s1. The fourth-order valence-corrected chi connectivity index (χ4v) is 5.67. The topological polar surface area (TPSA) is 42.4 Å². The fourth-order valence-electron chi connectivity index (χ4n) is 5.29. The molecule has 0 spiro atoms. The number of nitrogens with zero attached hydrogens (tertiary/aromatic N) is 1. The summed E-state index contributed by atoms with van der Waals surface area (Å²) in [7, 11) is 1.65. The zero-order valence-corrected chi connectivity index (χ0v) is 21.5. The molecule has 0 fully saturated rings. The molecule has 1 aromatic heterocycles. The Hall–Kier alpha value is -3.21. The summed E-state index contributed by atoms with van der Waals surface area (Å²) in [6.45, 7) is 2.12. The predicted octanol–water partition coefficient (Wildman–Crippen LogP) is 7.98. The van der Waals surface area contributed by atoms with Gasteiger partial charge in [0.2, 0.25) is 5.88 Å². The number of aromatic nitrogens is 1. The van der Waals surface area contributed by atoms with E-state index in [0.717, 1.165) is 49.3 Å². The van der Waals surface area contributed by atoms with Crippen LogP contribution in [0.2, 0.25) is 0 Å². The molecule has 1 heterocycles. The highest BCUT2D eigenvalue weighted by atomic mass is 79.9. The molecule has 2 atom stereocenters. The van der Waals surface area contributed by atoms with Gasteiger partial charge in [-0.15, -0.1) is 0 Å². The van der Waals surface area contributed by atoms with Crippen molar-refractivity contribution >= 4 is 37.6 Å². The van der Waals surface area contributed by atoms with E-state index in [2.05, 4.69) is 71.4 Å². The molecule has 176 valence electrons. The van der Waals surface area contributed by atoms with Gasteiger partial charge in [0.05, 0.1) is 12.6 Å². The zero-order valence-electron chi connectivity index (χ0n) is 19.9. The number of pyridine rings is 1. The summed E-state index contributed by atoms with van der Waals surface area (Å²) in [6, 6.07) is 32.8. The molecule has 0 aliphatic carbocycles. The molecule has 4 aromatic carbocycles. The van der Waals surface area contributed by atoms with E-state index in [1.807, 2.05) is 48.5 Å². The average molecular weight is 526 g/mol. The van der Waals surface area contributed by atoms with Crippen LogP contribution >= 0.6 is 15.9 Å². The van der Waals surface area contributed by atoms with Crippen LogP contribution in [0.4, 0.5) is 0 Å². The van der Waals surface area contributed by atoms with Crippen molar-refractivity contribution in [3.05, 3.63) is 118 Å². The van der Waals surface area contributed by atoms with E-state index < -0.39 is 5.60 Å². The summed E-state index contributed by atoms with van der Waals surface area (Å²) in [5.41, 5.74) is 2.47. The van der Waals surface area contributed by atoms with Crippen molar-refractivity contribution in [3.63, 3.8) is 0 Å². The lowest BCUT2D eigenvalue weighted by atomic mass is 9.70. The van der Waals surface area contributed by atoms with Gasteiger partial charge in [-0.25, -0.2) is 4.98 Å². The highest BCUT2D eigenvalue weighted by molar-refractivity contribution is 9.10. The number of fused-ring (bicyclic) bond motifs is 2. The minimum atomic E-state index is -1.19. The lowest BCUT2D eigenvalue weighted by molar-refractivity contribution is 0.0103. The number of benzene rings is 4. The molecule has 3 nitrogen and oxygen atoms in total. The molecule has 0 unspecified atom stereocenters. The largest absolute Gasteiger partial charge is 0.481 e. The summed E-state index contributed by atoms with van der Waals surface area (Å²) >= 11 is 3.59. The summed E-state index contributed by atoms with van der Waals surface area (Å²) in [6.07, 6.45) is 1.40. The van der Waals surface area contributed by atoms with Gasteiger partial charge in [0, 0.05) is 21.3 Å². The Kier molecular flexibility index (Phi) is 6.59. The van der Waals surface area contributed by atoms with Gasteiger partial charge < -0.3 is 9.84 Å². The fraction of sp³-hybridized carbons (Fsp3) is 0.194. The molecule has 35 heavy (non-hydrogen) atoms. The highest BCUT2D eigenvalue weighted by Crippen LogP contribution is 2.49. The first kappa shape index (κ1) is 23.5. The number of methoxy groups -OCH3 is 1. The molecule has 5 rings (SSSR count). The van der Waals surface area contributed by atoms with Gasteiger partial charge in [0.25, 0.3) is 0 Å². The summed E-state index contributed by atoms with van der Waals surface area (Å²) < 4.78 is 6.83. The normalized spacial score (nSPS) is 14.1. The lowest BCUT2D eigenvalue weighted by Gasteiger charge is -2.38. The number of ether oxygens (including phenoxy) is 1. The smallest absolute Gasteiger partial charge is 0.217 e. The summed E-state index contributed by atoms with van der Waals surface area (Å²) in [4.78, 5) is 4.86. The van der Waals surface area contributed by atoms with Crippen molar-refractivity contribution in [2.24, 2.45) is 0 Å². The predicted molar refractivity (Wildman–Crippen MR) is 147 cm³/mol. The molecule has 0 radical (unpaired) electrons. The van der Waals surface area contributed by atoms with E-state index in [0.29, 0.717) is 12.3 Å². The summed E-state index contributed by atoms with van der Waals surface area (Å²) in [5, 5.41) is 16.0. The Bertz CT molecular complexity index is 1480. The van der Waals surface area contributed by atoms with Gasteiger partial charge >= 0.3 is 0 Å². The van der Waals surface area contributed by atoms with Gasteiger partial charge in [-0.3, -0.25) is 0 Å². The molecule has 0 bridgehead atoms. The van der Waals surface area contributed by atoms with Gasteiger partial charge in [-0.1, -0.05) is 102 Å². The highest BCUT2D eigenvalue weighted by Gasteiger charge is 2.42. The first-order valence-electron chi connectivity index (χ1n) is 11.9. The Labute approximate surface area is 214 Å².